The van der Waals surface area contributed by atoms with Gasteiger partial charge >= 0.3 is 30.0 Å². The molecule has 0 aromatic carbocycles. The quantitative estimate of drug-likeness (QED) is 0.0549. The Labute approximate surface area is 399 Å². The average molecular weight is 962 g/mol. The molecular formula is C46H87N7O14. The van der Waals surface area contributed by atoms with E-state index in [-0.39, 0.29) is 64.6 Å². The fourth-order valence-corrected chi connectivity index (χ4v) is 6.47. The number of nitrogens with one attached hydrogen (secondary N) is 3. The van der Waals surface area contributed by atoms with Gasteiger partial charge in [-0.2, -0.15) is 0 Å². The minimum absolute atomic E-state index is 0.00686. The largest absolute Gasteiger partial charge is 0.480 e. The predicted molar refractivity (Wildman–Crippen MR) is 252 cm³/mol. The Morgan fingerprint density at radius 3 is 1.24 bits per heavy atom. The Hall–Kier alpha value is -3.70. The summed E-state index contributed by atoms with van der Waals surface area (Å²) in [6.07, 6.45) is -0.491. The fraction of sp³-hybridized carbons (Fsp3) is 0.870. The summed E-state index contributed by atoms with van der Waals surface area (Å²) < 4.78 is 38.5. The lowest BCUT2D eigenvalue weighted by molar-refractivity contribution is -0.158. The maximum absolute atomic E-state index is 13.1. The van der Waals surface area contributed by atoms with Crippen LogP contribution in [0.2, 0.25) is 0 Å². The summed E-state index contributed by atoms with van der Waals surface area (Å²) in [5.74, 6) is -2.66. The highest BCUT2D eigenvalue weighted by molar-refractivity contribution is 5.78. The lowest BCUT2D eigenvalue weighted by Gasteiger charge is -2.36. The fourth-order valence-electron chi connectivity index (χ4n) is 6.47. The maximum atomic E-state index is 13.1. The van der Waals surface area contributed by atoms with Gasteiger partial charge in [0.15, 0.2) is 0 Å². The van der Waals surface area contributed by atoms with Crippen molar-refractivity contribution in [2.75, 3.05) is 138 Å². The van der Waals surface area contributed by atoms with Gasteiger partial charge in [-0.1, -0.05) is 0 Å². The van der Waals surface area contributed by atoms with Crippen LogP contribution in [-0.4, -0.2) is 227 Å². The van der Waals surface area contributed by atoms with Crippen molar-refractivity contribution < 1.29 is 67.0 Å². The molecule has 1 atom stereocenters. The molecule has 1 unspecified atom stereocenters. The van der Waals surface area contributed by atoms with E-state index < -0.39 is 58.4 Å². The SMILES string of the molecule is CC(C)(C)OC(=O)CN1CCN(CC(=O)OC(C)(C)C)CCN(C(CCC(=O)NCCNCCOCCOCCOCCNC(=O)OC(C)(C)C)C(=O)O)CCN(CC(=O)OC(C)(C)C)CC1. The molecule has 4 N–H and O–H groups in total. The summed E-state index contributed by atoms with van der Waals surface area (Å²) in [5, 5.41) is 19.2. The Morgan fingerprint density at radius 2 is 0.851 bits per heavy atom. The third-order valence-corrected chi connectivity index (χ3v) is 9.27. The zero-order chi connectivity index (χ0) is 50.7. The van der Waals surface area contributed by atoms with Gasteiger partial charge in [-0.15, -0.1) is 0 Å². The van der Waals surface area contributed by atoms with Crippen molar-refractivity contribution in [2.45, 2.75) is 124 Å². The van der Waals surface area contributed by atoms with E-state index in [9.17, 15) is 33.9 Å². The van der Waals surface area contributed by atoms with Crippen LogP contribution in [0.3, 0.4) is 0 Å². The molecular weight excluding hydrogens is 875 g/mol. The molecule has 1 fully saturated rings. The second kappa shape index (κ2) is 31.4. The van der Waals surface area contributed by atoms with Gasteiger partial charge in [0, 0.05) is 85.0 Å². The second-order valence-electron chi connectivity index (χ2n) is 20.4. The first-order valence-corrected chi connectivity index (χ1v) is 23.6. The monoisotopic (exact) mass is 962 g/mol. The van der Waals surface area contributed by atoms with Crippen molar-refractivity contribution in [2.24, 2.45) is 0 Å². The van der Waals surface area contributed by atoms with E-state index in [0.29, 0.717) is 92.0 Å². The third-order valence-electron chi connectivity index (χ3n) is 9.27. The smallest absolute Gasteiger partial charge is 0.407 e. The van der Waals surface area contributed by atoms with Crippen LogP contribution in [-0.2, 0) is 57.1 Å². The number of aliphatic carboxylic acids is 1. The highest BCUT2D eigenvalue weighted by Crippen LogP contribution is 2.14. The zero-order valence-electron chi connectivity index (χ0n) is 42.9. The molecule has 0 aromatic rings. The molecule has 390 valence electrons. The van der Waals surface area contributed by atoms with Crippen LogP contribution in [0.15, 0.2) is 0 Å². The molecule has 67 heavy (non-hydrogen) atoms. The number of esters is 3. The normalized spacial score (nSPS) is 16.2. The Kier molecular flexibility index (Phi) is 28.8. The molecule has 0 spiro atoms. The molecule has 21 nitrogen and oxygen atoms in total. The first-order valence-electron chi connectivity index (χ1n) is 23.6. The molecule has 0 radical (unpaired) electrons. The number of nitrogens with zero attached hydrogens (tertiary/aromatic N) is 4. The summed E-state index contributed by atoms with van der Waals surface area (Å²) in [7, 11) is 0. The molecule has 1 rings (SSSR count). The van der Waals surface area contributed by atoms with Gasteiger partial charge < -0.3 is 54.2 Å². The summed E-state index contributed by atoms with van der Waals surface area (Å²) in [5.41, 5.74) is -2.66. The topological polar surface area (TPSA) is 236 Å². The van der Waals surface area contributed by atoms with Gasteiger partial charge in [0.2, 0.25) is 5.91 Å². The van der Waals surface area contributed by atoms with Crippen molar-refractivity contribution in [3.05, 3.63) is 0 Å². The van der Waals surface area contributed by atoms with Gasteiger partial charge in [-0.25, -0.2) is 4.79 Å². The van der Waals surface area contributed by atoms with Crippen molar-refractivity contribution >= 4 is 35.9 Å². The number of carboxylic acids is 1. The van der Waals surface area contributed by atoms with Gasteiger partial charge in [-0.05, 0) is 89.5 Å². The first-order chi connectivity index (χ1) is 31.1. The van der Waals surface area contributed by atoms with Crippen LogP contribution in [0.5, 0.6) is 0 Å². The maximum Gasteiger partial charge on any atom is 0.407 e. The number of hydrogen-bond acceptors (Lipinski definition) is 18. The summed E-state index contributed by atoms with van der Waals surface area (Å²) >= 11 is 0. The van der Waals surface area contributed by atoms with E-state index in [4.69, 9.17) is 33.2 Å². The van der Waals surface area contributed by atoms with E-state index in [2.05, 4.69) is 16.0 Å². The number of hydrogen-bond donors (Lipinski definition) is 4. The molecule has 1 heterocycles. The van der Waals surface area contributed by atoms with E-state index in [1.807, 2.05) is 14.7 Å². The average Bonchev–Trinajstić information content (AvgIpc) is 3.15. The highest BCUT2D eigenvalue weighted by atomic mass is 16.6. The van der Waals surface area contributed by atoms with Crippen LogP contribution in [0.1, 0.15) is 95.9 Å². The van der Waals surface area contributed by atoms with E-state index in [0.717, 1.165) is 0 Å². The van der Waals surface area contributed by atoms with E-state index >= 15 is 0 Å². The van der Waals surface area contributed by atoms with Crippen molar-refractivity contribution in [1.29, 1.82) is 0 Å². The zero-order valence-corrected chi connectivity index (χ0v) is 42.9. The van der Waals surface area contributed by atoms with Crippen LogP contribution >= 0.6 is 0 Å². The summed E-state index contributed by atoms with van der Waals surface area (Å²) in [6, 6.07) is -1.04. The van der Waals surface area contributed by atoms with Gasteiger partial charge in [0.05, 0.1) is 59.3 Å². The summed E-state index contributed by atoms with van der Waals surface area (Å²) in [4.78, 5) is 84.0. The number of carboxylic acid groups (broad SMARTS) is 1. The molecule has 1 aliphatic heterocycles. The van der Waals surface area contributed by atoms with E-state index in [1.165, 1.54) is 0 Å². The predicted octanol–water partition coefficient (Wildman–Crippen LogP) is 1.75. The third kappa shape index (κ3) is 35.1. The molecule has 0 aromatic heterocycles. The minimum Gasteiger partial charge on any atom is -0.480 e. The molecule has 0 saturated carbocycles. The Balaban J connectivity index is 2.78. The Morgan fingerprint density at radius 1 is 0.478 bits per heavy atom. The van der Waals surface area contributed by atoms with Gasteiger partial charge in [0.1, 0.15) is 28.4 Å². The number of carbonyl (C=O) groups is 6. The van der Waals surface area contributed by atoms with Gasteiger partial charge in [0.25, 0.3) is 0 Å². The molecule has 0 bridgehead atoms. The number of carbonyl (C=O) groups excluding carboxylic acids is 5. The molecule has 1 saturated heterocycles. The lowest BCUT2D eigenvalue weighted by Crippen LogP contribution is -2.52. The van der Waals surface area contributed by atoms with E-state index in [1.54, 1.807) is 88.0 Å². The lowest BCUT2D eigenvalue weighted by atomic mass is 10.1. The van der Waals surface area contributed by atoms with Crippen LogP contribution in [0.25, 0.3) is 0 Å². The van der Waals surface area contributed by atoms with Crippen molar-refractivity contribution in [3.8, 4) is 0 Å². The standard InChI is InChI=1S/C46H87N7O14/c1-43(2,3)64-38(55)33-50-19-21-51(34-39(56)65-44(4,5)6)23-25-53(26-24-52(22-20-50)35-40(57)66-45(7,8)9)36(41(58)59)13-14-37(54)48-16-15-47-17-27-61-29-31-63-32-30-62-28-18-49-42(60)67-46(10,11)12/h36,47H,13-35H2,1-12H3,(H,48,54)(H,49,60)(H,58,59). The number of ether oxygens (including phenoxy) is 7. The van der Waals surface area contributed by atoms with Crippen LogP contribution in [0.4, 0.5) is 4.79 Å². The molecule has 1 aliphatic rings. The minimum atomic E-state index is -1.09. The number of alkyl carbamates (subject to hydrolysis) is 1. The van der Waals surface area contributed by atoms with Gasteiger partial charge in [-0.3, -0.25) is 43.6 Å². The van der Waals surface area contributed by atoms with Crippen molar-refractivity contribution in [3.63, 3.8) is 0 Å². The van der Waals surface area contributed by atoms with Crippen LogP contribution in [0, 0.1) is 0 Å². The summed E-state index contributed by atoms with van der Waals surface area (Å²) in [6.45, 7) is 27.9. The molecule has 21 heteroatoms. The molecule has 0 aliphatic carbocycles. The van der Waals surface area contributed by atoms with Crippen molar-refractivity contribution in [1.82, 2.24) is 35.6 Å². The number of rotatable bonds is 26. The second-order valence-corrected chi connectivity index (χ2v) is 20.4. The highest BCUT2D eigenvalue weighted by Gasteiger charge is 2.30. The van der Waals surface area contributed by atoms with Crippen LogP contribution < -0.4 is 16.0 Å². The first kappa shape index (κ1) is 61.3. The Bertz CT molecular complexity index is 1430. The molecule has 2 amide bonds. The number of amides is 2.